The van der Waals surface area contributed by atoms with Crippen LogP contribution in [0.25, 0.3) is 11.0 Å². The van der Waals surface area contributed by atoms with E-state index >= 15 is 0 Å². The van der Waals surface area contributed by atoms with Crippen molar-refractivity contribution in [1.82, 2.24) is 0 Å². The zero-order chi connectivity index (χ0) is 22.3. The molecule has 1 aromatic heterocycles. The third-order valence-corrected chi connectivity index (χ3v) is 6.67. The van der Waals surface area contributed by atoms with Gasteiger partial charge in [0.15, 0.2) is 5.78 Å². The molecular formula is C28H32O4. The summed E-state index contributed by atoms with van der Waals surface area (Å²) in [5.41, 5.74) is 3.91. The number of carbonyl (C=O) groups excluding carboxylic acids is 1. The van der Waals surface area contributed by atoms with E-state index < -0.39 is 11.9 Å². The molecule has 0 bridgehead atoms. The highest BCUT2D eigenvalue weighted by Crippen LogP contribution is 2.32. The van der Waals surface area contributed by atoms with Crippen LogP contribution in [0.4, 0.5) is 0 Å². The van der Waals surface area contributed by atoms with Crippen LogP contribution in [0.5, 0.6) is 0 Å². The molecule has 1 atom stereocenters. The van der Waals surface area contributed by atoms with Crippen molar-refractivity contribution >= 4 is 22.7 Å². The molecule has 0 radical (unpaired) electrons. The van der Waals surface area contributed by atoms with Crippen LogP contribution in [-0.4, -0.2) is 16.9 Å². The number of benzene rings is 2. The third-order valence-electron chi connectivity index (χ3n) is 6.67. The first-order chi connectivity index (χ1) is 15.6. The van der Waals surface area contributed by atoms with Gasteiger partial charge >= 0.3 is 5.97 Å². The number of fused-ring (bicyclic) bond motifs is 3. The summed E-state index contributed by atoms with van der Waals surface area (Å²) in [7, 11) is 0. The van der Waals surface area contributed by atoms with Gasteiger partial charge in [0.1, 0.15) is 11.3 Å². The highest BCUT2D eigenvalue weighted by atomic mass is 16.4. The van der Waals surface area contributed by atoms with Crippen LogP contribution < -0.4 is 0 Å². The molecule has 0 spiro atoms. The zero-order valence-corrected chi connectivity index (χ0v) is 18.6. The van der Waals surface area contributed by atoms with Crippen molar-refractivity contribution in [3.8, 4) is 0 Å². The quantitative estimate of drug-likeness (QED) is 0.218. The SMILES string of the molecule is O=C(C[C@@H](CCCCCc1ccccc1)C(=O)O)c1ccc2c3c(oc2c1)CCCCC3. The Balaban J connectivity index is 1.33. The molecule has 0 unspecified atom stereocenters. The lowest BCUT2D eigenvalue weighted by molar-refractivity contribution is -0.141. The lowest BCUT2D eigenvalue weighted by Gasteiger charge is -2.12. The van der Waals surface area contributed by atoms with Gasteiger partial charge in [-0.25, -0.2) is 0 Å². The Labute approximate surface area is 189 Å². The zero-order valence-electron chi connectivity index (χ0n) is 18.6. The Bertz CT molecular complexity index is 1060. The number of furan rings is 1. The van der Waals surface area contributed by atoms with E-state index in [0.29, 0.717) is 12.0 Å². The van der Waals surface area contributed by atoms with Crippen LogP contribution in [0, 0.1) is 5.92 Å². The van der Waals surface area contributed by atoms with Gasteiger partial charge in [-0.3, -0.25) is 9.59 Å². The van der Waals surface area contributed by atoms with Crippen molar-refractivity contribution in [1.29, 1.82) is 0 Å². The summed E-state index contributed by atoms with van der Waals surface area (Å²) in [6.07, 6.45) is 9.93. The molecule has 1 heterocycles. The highest BCUT2D eigenvalue weighted by Gasteiger charge is 2.23. The van der Waals surface area contributed by atoms with Gasteiger partial charge in [0.2, 0.25) is 0 Å². The highest BCUT2D eigenvalue weighted by molar-refractivity contribution is 6.01. The molecule has 1 aliphatic rings. The fourth-order valence-electron chi connectivity index (χ4n) is 4.81. The van der Waals surface area contributed by atoms with Crippen LogP contribution in [0.15, 0.2) is 52.9 Å². The van der Waals surface area contributed by atoms with Gasteiger partial charge in [0, 0.05) is 29.4 Å². The summed E-state index contributed by atoms with van der Waals surface area (Å²) in [6, 6.07) is 16.0. The van der Waals surface area contributed by atoms with Gasteiger partial charge in [-0.15, -0.1) is 0 Å². The Kier molecular flexibility index (Phi) is 7.41. The molecule has 0 amide bonds. The van der Waals surface area contributed by atoms with E-state index in [9.17, 15) is 14.7 Å². The minimum absolute atomic E-state index is 0.0416. The fourth-order valence-corrected chi connectivity index (χ4v) is 4.81. The number of hydrogen-bond acceptors (Lipinski definition) is 3. The van der Waals surface area contributed by atoms with Gasteiger partial charge in [0.25, 0.3) is 0 Å². The molecule has 0 fully saturated rings. The smallest absolute Gasteiger partial charge is 0.306 e. The van der Waals surface area contributed by atoms with Gasteiger partial charge in [-0.1, -0.05) is 61.7 Å². The summed E-state index contributed by atoms with van der Waals surface area (Å²) < 4.78 is 6.07. The van der Waals surface area contributed by atoms with Crippen LogP contribution in [-0.2, 0) is 24.1 Å². The molecule has 4 rings (SSSR count). The predicted molar refractivity (Wildman–Crippen MR) is 126 cm³/mol. The summed E-state index contributed by atoms with van der Waals surface area (Å²) >= 11 is 0. The topological polar surface area (TPSA) is 67.5 Å². The van der Waals surface area contributed by atoms with E-state index in [1.54, 1.807) is 0 Å². The number of unbranched alkanes of at least 4 members (excludes halogenated alkanes) is 2. The first kappa shape index (κ1) is 22.3. The van der Waals surface area contributed by atoms with Crippen molar-refractivity contribution in [3.05, 3.63) is 71.0 Å². The Morgan fingerprint density at radius 3 is 2.56 bits per heavy atom. The first-order valence-electron chi connectivity index (χ1n) is 12.0. The Hall–Kier alpha value is -2.88. The third kappa shape index (κ3) is 5.48. The second kappa shape index (κ2) is 10.6. The molecule has 0 aliphatic heterocycles. The maximum Gasteiger partial charge on any atom is 0.306 e. The summed E-state index contributed by atoms with van der Waals surface area (Å²) in [5.74, 6) is -0.577. The molecule has 0 saturated heterocycles. The van der Waals surface area contributed by atoms with Crippen molar-refractivity contribution in [3.63, 3.8) is 0 Å². The van der Waals surface area contributed by atoms with E-state index in [0.717, 1.165) is 61.7 Å². The van der Waals surface area contributed by atoms with E-state index in [1.165, 1.54) is 24.0 Å². The number of hydrogen-bond donors (Lipinski definition) is 1. The average Bonchev–Trinajstić information content (AvgIpc) is 2.98. The number of rotatable bonds is 10. The van der Waals surface area contributed by atoms with Crippen molar-refractivity contribution in [2.24, 2.45) is 5.92 Å². The number of carboxylic acid groups (broad SMARTS) is 1. The van der Waals surface area contributed by atoms with Crippen LogP contribution in [0.2, 0.25) is 0 Å². The molecule has 3 aromatic rings. The van der Waals surface area contributed by atoms with Crippen LogP contribution >= 0.6 is 0 Å². The number of carboxylic acids is 1. The van der Waals surface area contributed by atoms with Crippen molar-refractivity contribution < 1.29 is 19.1 Å². The lowest BCUT2D eigenvalue weighted by Crippen LogP contribution is -2.18. The predicted octanol–water partition coefficient (Wildman–Crippen LogP) is 6.78. The lowest BCUT2D eigenvalue weighted by atomic mass is 9.92. The molecule has 32 heavy (non-hydrogen) atoms. The summed E-state index contributed by atoms with van der Waals surface area (Å²) in [5, 5.41) is 10.7. The number of ketones is 1. The molecule has 4 nitrogen and oxygen atoms in total. The Morgan fingerprint density at radius 1 is 0.938 bits per heavy atom. The second-order valence-electron chi connectivity index (χ2n) is 9.02. The average molecular weight is 433 g/mol. The van der Waals surface area contributed by atoms with E-state index in [-0.39, 0.29) is 12.2 Å². The first-order valence-corrected chi connectivity index (χ1v) is 12.0. The number of aliphatic carboxylic acids is 1. The normalized spacial score (nSPS) is 14.6. The Morgan fingerprint density at radius 2 is 1.75 bits per heavy atom. The second-order valence-corrected chi connectivity index (χ2v) is 9.02. The molecular weight excluding hydrogens is 400 g/mol. The summed E-state index contributed by atoms with van der Waals surface area (Å²) in [4.78, 5) is 24.6. The van der Waals surface area contributed by atoms with E-state index in [2.05, 4.69) is 12.1 Å². The van der Waals surface area contributed by atoms with Gasteiger partial charge in [0.05, 0.1) is 5.92 Å². The van der Waals surface area contributed by atoms with Gasteiger partial charge in [-0.05, 0) is 50.2 Å². The van der Waals surface area contributed by atoms with E-state index in [1.807, 2.05) is 36.4 Å². The molecule has 2 aromatic carbocycles. The number of Topliss-reactive ketones (excluding diaryl/α,β-unsaturated/α-hetero) is 1. The molecule has 1 aliphatic carbocycles. The number of carbonyl (C=O) groups is 2. The minimum atomic E-state index is -0.882. The fraction of sp³-hybridized carbons (Fsp3) is 0.429. The molecule has 0 saturated carbocycles. The van der Waals surface area contributed by atoms with E-state index in [4.69, 9.17) is 4.42 Å². The largest absolute Gasteiger partial charge is 0.481 e. The van der Waals surface area contributed by atoms with Crippen molar-refractivity contribution in [2.75, 3.05) is 0 Å². The molecule has 1 N–H and O–H groups in total. The van der Waals surface area contributed by atoms with Crippen molar-refractivity contribution in [2.45, 2.75) is 70.6 Å². The van der Waals surface area contributed by atoms with Gasteiger partial charge < -0.3 is 9.52 Å². The van der Waals surface area contributed by atoms with Gasteiger partial charge in [-0.2, -0.15) is 0 Å². The maximum absolute atomic E-state index is 12.9. The number of aryl methyl sites for hydroxylation is 3. The molecule has 168 valence electrons. The maximum atomic E-state index is 12.9. The standard InChI is InChI=1S/C28H32O4/c29-25(18-22(28(30)31)13-7-2-6-12-20-10-4-1-5-11-20)21-16-17-24-23-14-8-3-9-15-26(23)32-27(24)19-21/h1,4-5,10-11,16-17,19,22H,2-3,6-9,12-15,18H2,(H,30,31)/t22-/m1/s1. The summed E-state index contributed by atoms with van der Waals surface area (Å²) in [6.45, 7) is 0. The van der Waals surface area contributed by atoms with Crippen LogP contribution in [0.3, 0.4) is 0 Å². The molecule has 4 heteroatoms. The van der Waals surface area contributed by atoms with Crippen LogP contribution in [0.1, 0.15) is 78.6 Å². The monoisotopic (exact) mass is 432 g/mol. The minimum Gasteiger partial charge on any atom is -0.481 e.